The van der Waals surface area contributed by atoms with E-state index in [4.69, 9.17) is 0 Å². The van der Waals surface area contributed by atoms with Crippen LogP contribution in [-0.2, 0) is 4.79 Å². The maximum absolute atomic E-state index is 11.6. The number of nitrogens with zero attached hydrogens (tertiary/aromatic N) is 2. The van der Waals surface area contributed by atoms with Crippen molar-refractivity contribution < 1.29 is 4.79 Å². The van der Waals surface area contributed by atoms with Crippen LogP contribution in [0.3, 0.4) is 0 Å². The van der Waals surface area contributed by atoms with Crippen LogP contribution in [0.15, 0.2) is 0 Å². The smallest absolute Gasteiger partial charge is 0.222 e. The minimum absolute atomic E-state index is 0.377. The van der Waals surface area contributed by atoms with Crippen molar-refractivity contribution in [2.24, 2.45) is 5.92 Å². The van der Waals surface area contributed by atoms with Crippen LogP contribution in [0.1, 0.15) is 32.6 Å². The number of halogens is 1. The molecule has 2 aliphatic heterocycles. The van der Waals surface area contributed by atoms with Crippen LogP contribution in [0.5, 0.6) is 0 Å². The lowest BCUT2D eigenvalue weighted by molar-refractivity contribution is -0.130. The van der Waals surface area contributed by atoms with E-state index in [1.165, 1.54) is 19.4 Å². The number of carbonyl (C=O) groups is 1. The van der Waals surface area contributed by atoms with Gasteiger partial charge < -0.3 is 4.90 Å². The molecule has 17 heavy (non-hydrogen) atoms. The summed E-state index contributed by atoms with van der Waals surface area (Å²) in [5, 5.41) is 1.11. The molecule has 2 fully saturated rings. The van der Waals surface area contributed by atoms with Crippen molar-refractivity contribution >= 4 is 21.8 Å². The second-order valence-electron chi connectivity index (χ2n) is 5.45. The molecule has 0 aliphatic carbocycles. The molecule has 0 radical (unpaired) electrons. The Morgan fingerprint density at radius 3 is 3.00 bits per heavy atom. The van der Waals surface area contributed by atoms with Gasteiger partial charge in [0.15, 0.2) is 0 Å². The van der Waals surface area contributed by atoms with Crippen LogP contribution < -0.4 is 0 Å². The maximum atomic E-state index is 11.6. The second-order valence-corrected chi connectivity index (χ2v) is 6.24. The van der Waals surface area contributed by atoms with Gasteiger partial charge in [0.1, 0.15) is 0 Å². The molecule has 4 heteroatoms. The molecule has 1 amide bonds. The Kier molecular flexibility index (Phi) is 4.86. The first-order valence-corrected chi connectivity index (χ1v) is 7.90. The highest BCUT2D eigenvalue weighted by molar-refractivity contribution is 9.09. The quantitative estimate of drug-likeness (QED) is 0.726. The fourth-order valence-electron chi connectivity index (χ4n) is 2.87. The van der Waals surface area contributed by atoms with Gasteiger partial charge in [0.05, 0.1) is 0 Å². The van der Waals surface area contributed by atoms with Gasteiger partial charge in [-0.15, -0.1) is 0 Å². The van der Waals surface area contributed by atoms with Crippen molar-refractivity contribution in [1.29, 1.82) is 0 Å². The van der Waals surface area contributed by atoms with Gasteiger partial charge in [-0.05, 0) is 31.7 Å². The third kappa shape index (κ3) is 3.44. The molecule has 2 heterocycles. The highest BCUT2D eigenvalue weighted by Gasteiger charge is 2.35. The molecule has 98 valence electrons. The summed E-state index contributed by atoms with van der Waals surface area (Å²) in [4.78, 5) is 16.2. The molecule has 2 saturated heterocycles. The van der Waals surface area contributed by atoms with Crippen molar-refractivity contribution in [3.8, 4) is 0 Å². The zero-order valence-electron chi connectivity index (χ0n) is 10.7. The molecule has 0 N–H and O–H groups in total. The Morgan fingerprint density at radius 1 is 1.41 bits per heavy atom. The van der Waals surface area contributed by atoms with E-state index in [0.29, 0.717) is 11.9 Å². The maximum Gasteiger partial charge on any atom is 0.222 e. The minimum Gasteiger partial charge on any atom is -0.337 e. The van der Waals surface area contributed by atoms with Crippen LogP contribution >= 0.6 is 15.9 Å². The summed E-state index contributed by atoms with van der Waals surface area (Å²) in [5.41, 5.74) is 0. The monoisotopic (exact) mass is 302 g/mol. The molecule has 2 rings (SSSR count). The fraction of sp³-hybridized carbons (Fsp3) is 0.923. The van der Waals surface area contributed by atoms with E-state index in [1.807, 2.05) is 0 Å². The molecule has 2 aliphatic rings. The zero-order chi connectivity index (χ0) is 12.3. The zero-order valence-corrected chi connectivity index (χ0v) is 12.3. The molecule has 2 atom stereocenters. The number of amides is 1. The molecule has 3 nitrogen and oxygen atoms in total. The summed E-state index contributed by atoms with van der Waals surface area (Å²) in [6.07, 6.45) is 4.40. The first-order valence-electron chi connectivity index (χ1n) is 6.78. The van der Waals surface area contributed by atoms with Crippen LogP contribution in [0.25, 0.3) is 0 Å². The van der Waals surface area contributed by atoms with Gasteiger partial charge in [-0.1, -0.05) is 22.9 Å². The van der Waals surface area contributed by atoms with Crippen LogP contribution in [-0.4, -0.2) is 53.3 Å². The van der Waals surface area contributed by atoms with Crippen LogP contribution in [0.2, 0.25) is 0 Å². The number of fused-ring (bicyclic) bond motifs is 1. The predicted octanol–water partition coefficient (Wildman–Crippen LogP) is 2.10. The van der Waals surface area contributed by atoms with Crippen molar-refractivity contribution in [2.45, 2.75) is 38.6 Å². The topological polar surface area (TPSA) is 23.6 Å². The largest absolute Gasteiger partial charge is 0.337 e. The molecular formula is C13H23BrN2O. The molecule has 0 spiro atoms. The van der Waals surface area contributed by atoms with Gasteiger partial charge in [0.25, 0.3) is 0 Å². The summed E-state index contributed by atoms with van der Waals surface area (Å²) < 4.78 is 0. The van der Waals surface area contributed by atoms with Crippen molar-refractivity contribution in [1.82, 2.24) is 9.80 Å². The lowest BCUT2D eigenvalue weighted by Gasteiger charge is -2.37. The molecule has 0 bridgehead atoms. The van der Waals surface area contributed by atoms with E-state index in [2.05, 4.69) is 32.7 Å². The summed E-state index contributed by atoms with van der Waals surface area (Å²) in [6.45, 7) is 6.66. The average molecular weight is 303 g/mol. The first-order chi connectivity index (χ1) is 8.20. The summed E-state index contributed by atoms with van der Waals surface area (Å²) in [5.74, 6) is 1.18. The highest BCUT2D eigenvalue weighted by atomic mass is 79.9. The molecule has 0 aromatic rings. The number of carbonyl (C=O) groups excluding carboxylic acids is 1. The van der Waals surface area contributed by atoms with Gasteiger partial charge in [0, 0.05) is 37.4 Å². The average Bonchev–Trinajstić information content (AvgIpc) is 2.69. The number of hydrogen-bond acceptors (Lipinski definition) is 2. The van der Waals surface area contributed by atoms with E-state index in [-0.39, 0.29) is 0 Å². The van der Waals surface area contributed by atoms with Crippen LogP contribution in [0.4, 0.5) is 0 Å². The Balaban J connectivity index is 1.72. The normalized spacial score (nSPS) is 27.3. The third-order valence-electron chi connectivity index (χ3n) is 4.12. The first kappa shape index (κ1) is 13.3. The summed E-state index contributed by atoms with van der Waals surface area (Å²) >= 11 is 3.50. The molecule has 0 aromatic heterocycles. The number of piperazine rings is 1. The number of rotatable bonds is 5. The van der Waals surface area contributed by atoms with Crippen molar-refractivity contribution in [3.63, 3.8) is 0 Å². The fourth-order valence-corrected chi connectivity index (χ4v) is 3.65. The van der Waals surface area contributed by atoms with Crippen molar-refractivity contribution in [2.75, 3.05) is 31.5 Å². The van der Waals surface area contributed by atoms with E-state index in [0.717, 1.165) is 43.7 Å². The van der Waals surface area contributed by atoms with Gasteiger partial charge in [-0.3, -0.25) is 9.69 Å². The lowest BCUT2D eigenvalue weighted by Crippen LogP contribution is -2.51. The SMILES string of the molecule is CC(CCBr)CCN1CCN2C(=O)CCC2C1. The predicted molar refractivity (Wildman–Crippen MR) is 73.4 cm³/mol. The molecular weight excluding hydrogens is 280 g/mol. The standard InChI is InChI=1S/C13H23BrN2O/c1-11(4-6-14)5-7-15-8-9-16-12(10-15)2-3-13(16)17/h11-12H,2-10H2,1H3. The second kappa shape index (κ2) is 6.19. The molecule has 2 unspecified atom stereocenters. The van der Waals surface area contributed by atoms with Gasteiger partial charge in [0.2, 0.25) is 5.91 Å². The Hall–Kier alpha value is -0.0900. The van der Waals surface area contributed by atoms with E-state index >= 15 is 0 Å². The lowest BCUT2D eigenvalue weighted by atomic mass is 10.0. The summed E-state index contributed by atoms with van der Waals surface area (Å²) in [6, 6.07) is 0.516. The minimum atomic E-state index is 0.377. The number of hydrogen-bond donors (Lipinski definition) is 0. The summed E-state index contributed by atoms with van der Waals surface area (Å²) in [7, 11) is 0. The van der Waals surface area contributed by atoms with Gasteiger partial charge >= 0.3 is 0 Å². The van der Waals surface area contributed by atoms with Crippen LogP contribution in [0, 0.1) is 5.92 Å². The van der Waals surface area contributed by atoms with E-state index < -0.39 is 0 Å². The van der Waals surface area contributed by atoms with E-state index in [9.17, 15) is 4.79 Å². The van der Waals surface area contributed by atoms with Gasteiger partial charge in [-0.25, -0.2) is 0 Å². The Morgan fingerprint density at radius 2 is 2.24 bits per heavy atom. The Bertz CT molecular complexity index is 272. The molecule has 0 aromatic carbocycles. The van der Waals surface area contributed by atoms with Crippen molar-refractivity contribution in [3.05, 3.63) is 0 Å². The number of alkyl halides is 1. The van der Waals surface area contributed by atoms with Gasteiger partial charge in [-0.2, -0.15) is 0 Å². The van der Waals surface area contributed by atoms with E-state index in [1.54, 1.807) is 0 Å². The Labute approximate surface area is 113 Å². The highest BCUT2D eigenvalue weighted by Crippen LogP contribution is 2.23. The third-order valence-corrected chi connectivity index (χ3v) is 4.58. The molecule has 0 saturated carbocycles.